The molecule has 0 radical (unpaired) electrons. The van der Waals surface area contributed by atoms with Gasteiger partial charge in [0.25, 0.3) is 0 Å². The first-order valence-corrected chi connectivity index (χ1v) is 11.3. The van der Waals surface area contributed by atoms with Gasteiger partial charge in [0.15, 0.2) is 0 Å². The summed E-state index contributed by atoms with van der Waals surface area (Å²) in [6.45, 7) is 8.17. The van der Waals surface area contributed by atoms with Gasteiger partial charge in [0.05, 0.1) is 7.11 Å². The third-order valence-electron chi connectivity index (χ3n) is 5.39. The minimum atomic E-state index is -0.0860. The Labute approximate surface area is 194 Å². The number of methoxy groups -OCH3 is 1. The number of nitrogens with one attached hydrogen (secondary N) is 1. The molecule has 8 heteroatoms. The number of carbonyl (C=O) groups is 1. The van der Waals surface area contributed by atoms with E-state index in [0.29, 0.717) is 31.3 Å². The summed E-state index contributed by atoms with van der Waals surface area (Å²) in [5.41, 5.74) is 1.78. The molecule has 0 saturated heterocycles. The van der Waals surface area contributed by atoms with Crippen molar-refractivity contribution in [1.82, 2.24) is 20.4 Å². The van der Waals surface area contributed by atoms with Crippen LogP contribution in [0.25, 0.3) is 11.4 Å². The van der Waals surface area contributed by atoms with Gasteiger partial charge in [-0.2, -0.15) is 4.98 Å². The van der Waals surface area contributed by atoms with E-state index in [-0.39, 0.29) is 12.3 Å². The first-order chi connectivity index (χ1) is 16.1. The molecule has 0 unspecified atom stereocenters. The number of amides is 1. The molecule has 0 aliphatic rings. The highest BCUT2D eigenvalue weighted by Gasteiger charge is 2.12. The summed E-state index contributed by atoms with van der Waals surface area (Å²) in [5, 5.41) is 6.95. The molecule has 3 rings (SSSR count). The summed E-state index contributed by atoms with van der Waals surface area (Å²) in [6.07, 6.45) is 0.631. The van der Waals surface area contributed by atoms with Gasteiger partial charge in [-0.05, 0) is 43.4 Å². The molecule has 1 heterocycles. The molecule has 0 atom stereocenters. The van der Waals surface area contributed by atoms with Crippen molar-refractivity contribution < 1.29 is 18.8 Å². The highest BCUT2D eigenvalue weighted by Crippen LogP contribution is 2.20. The van der Waals surface area contributed by atoms with E-state index < -0.39 is 0 Å². The predicted octanol–water partition coefficient (Wildman–Crippen LogP) is 3.71. The summed E-state index contributed by atoms with van der Waals surface area (Å²) in [5.74, 6) is 2.39. The Kier molecular flexibility index (Phi) is 9.26. The minimum absolute atomic E-state index is 0.0860. The monoisotopic (exact) mass is 452 g/mol. The van der Waals surface area contributed by atoms with Gasteiger partial charge in [0.2, 0.25) is 17.6 Å². The number of ether oxygens (including phenoxy) is 2. The fourth-order valence-corrected chi connectivity index (χ4v) is 3.33. The van der Waals surface area contributed by atoms with Gasteiger partial charge in [-0.1, -0.05) is 37.2 Å². The van der Waals surface area contributed by atoms with Crippen LogP contribution < -0.4 is 14.8 Å². The normalized spacial score (nSPS) is 10.9. The maximum absolute atomic E-state index is 12.4. The topological polar surface area (TPSA) is 89.7 Å². The van der Waals surface area contributed by atoms with Gasteiger partial charge in [-0.3, -0.25) is 4.79 Å². The second kappa shape index (κ2) is 12.6. The minimum Gasteiger partial charge on any atom is -0.497 e. The number of hydrogen-bond acceptors (Lipinski definition) is 7. The Morgan fingerprint density at radius 3 is 2.58 bits per heavy atom. The first kappa shape index (κ1) is 24.3. The Balaban J connectivity index is 1.46. The molecular weight excluding hydrogens is 420 g/mol. The Morgan fingerprint density at radius 1 is 1.09 bits per heavy atom. The molecule has 0 spiro atoms. The van der Waals surface area contributed by atoms with Crippen molar-refractivity contribution >= 4 is 5.91 Å². The maximum atomic E-state index is 12.4. The van der Waals surface area contributed by atoms with Gasteiger partial charge >= 0.3 is 0 Å². The van der Waals surface area contributed by atoms with E-state index in [1.807, 2.05) is 48.5 Å². The van der Waals surface area contributed by atoms with Gasteiger partial charge in [0, 0.05) is 37.1 Å². The second-order valence-corrected chi connectivity index (χ2v) is 7.50. The van der Waals surface area contributed by atoms with E-state index in [4.69, 9.17) is 14.0 Å². The number of benzene rings is 2. The summed E-state index contributed by atoms with van der Waals surface area (Å²) >= 11 is 0. The lowest BCUT2D eigenvalue weighted by Crippen LogP contribution is -2.28. The molecular formula is C25H32N4O4. The van der Waals surface area contributed by atoms with Crippen molar-refractivity contribution in [3.05, 3.63) is 60.0 Å². The highest BCUT2D eigenvalue weighted by atomic mass is 16.5. The van der Waals surface area contributed by atoms with Gasteiger partial charge in [0.1, 0.15) is 18.1 Å². The number of carbonyl (C=O) groups excluding carboxylic acids is 1. The van der Waals surface area contributed by atoms with Gasteiger partial charge in [-0.15, -0.1) is 0 Å². The molecule has 3 aromatic rings. The third kappa shape index (κ3) is 7.32. The van der Waals surface area contributed by atoms with Crippen molar-refractivity contribution in [1.29, 1.82) is 0 Å². The predicted molar refractivity (Wildman–Crippen MR) is 126 cm³/mol. The molecule has 2 aromatic carbocycles. The van der Waals surface area contributed by atoms with Gasteiger partial charge < -0.3 is 24.2 Å². The number of nitrogens with zero attached hydrogens (tertiary/aromatic N) is 3. The molecule has 1 aromatic heterocycles. The number of aryl methyl sites for hydroxylation is 1. The van der Waals surface area contributed by atoms with E-state index in [1.165, 1.54) is 0 Å². The molecule has 8 nitrogen and oxygen atoms in total. The number of rotatable bonds is 13. The van der Waals surface area contributed by atoms with Crippen molar-refractivity contribution in [3.63, 3.8) is 0 Å². The molecule has 0 aliphatic heterocycles. The lowest BCUT2D eigenvalue weighted by molar-refractivity contribution is -0.121. The van der Waals surface area contributed by atoms with Crippen LogP contribution in [0.4, 0.5) is 0 Å². The summed E-state index contributed by atoms with van der Waals surface area (Å²) in [4.78, 5) is 19.1. The van der Waals surface area contributed by atoms with Gasteiger partial charge in [-0.25, -0.2) is 0 Å². The fraction of sp³-hybridized carbons (Fsp3) is 0.400. The summed E-state index contributed by atoms with van der Waals surface area (Å²) in [6, 6.07) is 15.2. The van der Waals surface area contributed by atoms with Crippen LogP contribution in [-0.4, -0.2) is 54.3 Å². The zero-order valence-corrected chi connectivity index (χ0v) is 19.5. The second-order valence-electron chi connectivity index (χ2n) is 7.50. The van der Waals surface area contributed by atoms with Crippen LogP contribution in [-0.2, 0) is 17.8 Å². The van der Waals surface area contributed by atoms with E-state index in [2.05, 4.69) is 34.2 Å². The van der Waals surface area contributed by atoms with E-state index in [9.17, 15) is 4.79 Å². The quantitative estimate of drug-likeness (QED) is 0.423. The Morgan fingerprint density at radius 2 is 1.85 bits per heavy atom. The van der Waals surface area contributed by atoms with E-state index in [1.54, 1.807) is 7.11 Å². The summed E-state index contributed by atoms with van der Waals surface area (Å²) in [7, 11) is 1.62. The summed E-state index contributed by atoms with van der Waals surface area (Å²) < 4.78 is 16.4. The van der Waals surface area contributed by atoms with Crippen LogP contribution >= 0.6 is 0 Å². The molecule has 0 bridgehead atoms. The van der Waals surface area contributed by atoms with Crippen LogP contribution in [0.1, 0.15) is 31.7 Å². The van der Waals surface area contributed by atoms with Crippen LogP contribution in [0.2, 0.25) is 0 Å². The van der Waals surface area contributed by atoms with Crippen LogP contribution in [0.15, 0.2) is 53.1 Å². The average Bonchev–Trinajstić information content (AvgIpc) is 3.34. The SMILES string of the molecule is CCN(CC)CCOc1ccccc1CNC(=O)CCc1nc(-c2ccc(OC)cc2)no1. The van der Waals surface area contributed by atoms with Crippen LogP contribution in [0.5, 0.6) is 11.5 Å². The molecule has 1 amide bonds. The lowest BCUT2D eigenvalue weighted by Gasteiger charge is -2.19. The van der Waals surface area contributed by atoms with E-state index >= 15 is 0 Å². The standard InChI is InChI=1S/C25H32N4O4/c1-4-29(5-2)16-17-32-22-9-7-6-8-20(22)18-26-23(30)14-15-24-27-25(28-33-24)19-10-12-21(31-3)13-11-19/h6-13H,4-5,14-18H2,1-3H3,(H,26,30). The third-order valence-corrected chi connectivity index (χ3v) is 5.39. The van der Waals surface area contributed by atoms with Crippen molar-refractivity contribution in [2.45, 2.75) is 33.2 Å². The zero-order valence-electron chi connectivity index (χ0n) is 19.5. The Bertz CT molecular complexity index is 1000. The van der Waals surface area contributed by atoms with E-state index in [0.717, 1.165) is 42.3 Å². The number of para-hydroxylation sites is 1. The molecule has 33 heavy (non-hydrogen) atoms. The smallest absolute Gasteiger partial charge is 0.227 e. The molecule has 176 valence electrons. The number of hydrogen-bond donors (Lipinski definition) is 1. The highest BCUT2D eigenvalue weighted by molar-refractivity contribution is 5.76. The first-order valence-electron chi connectivity index (χ1n) is 11.3. The molecule has 0 saturated carbocycles. The number of aromatic nitrogens is 2. The maximum Gasteiger partial charge on any atom is 0.227 e. The number of likely N-dealkylation sites (N-methyl/N-ethyl adjacent to an activating group) is 1. The van der Waals surface area contributed by atoms with Crippen LogP contribution in [0, 0.1) is 0 Å². The molecule has 1 N–H and O–H groups in total. The van der Waals surface area contributed by atoms with Crippen molar-refractivity contribution in [3.8, 4) is 22.9 Å². The zero-order chi connectivity index (χ0) is 23.5. The fourth-order valence-electron chi connectivity index (χ4n) is 3.33. The average molecular weight is 453 g/mol. The molecule has 0 fully saturated rings. The lowest BCUT2D eigenvalue weighted by atomic mass is 10.2. The molecule has 0 aliphatic carbocycles. The van der Waals surface area contributed by atoms with Crippen LogP contribution in [0.3, 0.4) is 0 Å². The van der Waals surface area contributed by atoms with Crippen molar-refractivity contribution in [2.75, 3.05) is 33.4 Å². The largest absolute Gasteiger partial charge is 0.497 e. The Hall–Kier alpha value is -3.39. The van der Waals surface area contributed by atoms with Crippen molar-refractivity contribution in [2.24, 2.45) is 0 Å².